The maximum atomic E-state index is 12.0. The average molecular weight is 335 g/mol. The third kappa shape index (κ3) is 3.65. The largest absolute Gasteiger partial charge is 0.323 e. The van der Waals surface area contributed by atoms with Gasteiger partial charge in [0, 0.05) is 10.3 Å². The van der Waals surface area contributed by atoms with Crippen molar-refractivity contribution in [3.63, 3.8) is 0 Å². The second-order valence-electron chi connectivity index (χ2n) is 6.83. The Hall–Kier alpha value is -1.45. The molecule has 4 nitrogen and oxygen atoms in total. The fourth-order valence-electron chi connectivity index (χ4n) is 2.38. The Morgan fingerprint density at radius 3 is 2.73 bits per heavy atom. The molecule has 1 atom stereocenters. The van der Waals surface area contributed by atoms with Gasteiger partial charge in [0.2, 0.25) is 5.91 Å². The second-order valence-corrected chi connectivity index (χ2v) is 8.34. The minimum atomic E-state index is -0.506. The first-order valence-electron chi connectivity index (χ1n) is 7.39. The van der Waals surface area contributed by atoms with Gasteiger partial charge in [-0.25, -0.2) is 0 Å². The summed E-state index contributed by atoms with van der Waals surface area (Å²) < 4.78 is 0. The Morgan fingerprint density at radius 2 is 2.14 bits per heavy atom. The highest BCUT2D eigenvalue weighted by atomic mass is 32.1. The summed E-state index contributed by atoms with van der Waals surface area (Å²) in [5.74, 6) is 0.511. The van der Waals surface area contributed by atoms with E-state index in [2.05, 4.69) is 23.6 Å². The Balaban J connectivity index is 2.15. The van der Waals surface area contributed by atoms with Gasteiger partial charge in [0.05, 0.1) is 5.56 Å². The Morgan fingerprint density at radius 1 is 1.45 bits per heavy atom. The minimum absolute atomic E-state index is 0.140. The van der Waals surface area contributed by atoms with E-state index in [-0.39, 0.29) is 11.0 Å². The third-order valence-electron chi connectivity index (χ3n) is 3.76. The average Bonchev–Trinajstić information content (AvgIpc) is 2.73. The Bertz CT molecular complexity index is 650. The lowest BCUT2D eigenvalue weighted by atomic mass is 9.89. The maximum absolute atomic E-state index is 12.0. The van der Waals surface area contributed by atoms with Crippen LogP contribution in [0.1, 0.15) is 50.1 Å². The molecule has 1 aliphatic rings. The topological polar surface area (TPSA) is 64.9 Å². The Labute approximate surface area is 140 Å². The summed E-state index contributed by atoms with van der Waals surface area (Å²) in [7, 11) is 0. The number of thiocarbonyl (C=S) groups is 1. The van der Waals surface area contributed by atoms with Gasteiger partial charge in [-0.1, -0.05) is 27.7 Å². The molecule has 22 heavy (non-hydrogen) atoms. The van der Waals surface area contributed by atoms with Crippen LogP contribution >= 0.6 is 23.6 Å². The van der Waals surface area contributed by atoms with Crippen molar-refractivity contribution >= 4 is 39.6 Å². The molecule has 0 spiro atoms. The SMILES string of the molecule is C[C@H]1CCc2c(sc(NC(=S)NC(=O)C(C)(C)C)c2C#N)C1. The lowest BCUT2D eigenvalue weighted by Gasteiger charge is -2.18. The standard InChI is InChI=1S/C16H21N3OS2/c1-9-5-6-10-11(8-17)13(22-12(10)7-9)18-15(21)19-14(20)16(2,3)4/h9H,5-7H2,1-4H3,(H2,18,19,20,21)/t9-/m0/s1. The highest BCUT2D eigenvalue weighted by Gasteiger charge is 2.25. The third-order valence-corrected chi connectivity index (χ3v) is 5.13. The van der Waals surface area contributed by atoms with Gasteiger partial charge in [-0.05, 0) is 43.0 Å². The van der Waals surface area contributed by atoms with E-state index in [9.17, 15) is 10.1 Å². The van der Waals surface area contributed by atoms with Crippen LogP contribution < -0.4 is 10.6 Å². The quantitative estimate of drug-likeness (QED) is 0.770. The number of thiophene rings is 1. The summed E-state index contributed by atoms with van der Waals surface area (Å²) in [4.78, 5) is 13.2. The predicted octanol–water partition coefficient (Wildman–Crippen LogP) is 3.60. The number of rotatable bonds is 1. The fourth-order valence-corrected chi connectivity index (χ4v) is 4.01. The molecule has 0 aromatic carbocycles. The van der Waals surface area contributed by atoms with Gasteiger partial charge in [-0.2, -0.15) is 5.26 Å². The van der Waals surface area contributed by atoms with E-state index >= 15 is 0 Å². The van der Waals surface area contributed by atoms with Crippen molar-refractivity contribution in [2.75, 3.05) is 5.32 Å². The van der Waals surface area contributed by atoms with Gasteiger partial charge in [0.25, 0.3) is 0 Å². The van der Waals surface area contributed by atoms with Crippen molar-refractivity contribution < 1.29 is 4.79 Å². The van der Waals surface area contributed by atoms with E-state index in [0.717, 1.165) is 29.8 Å². The van der Waals surface area contributed by atoms with Gasteiger partial charge in [-0.15, -0.1) is 11.3 Å². The summed E-state index contributed by atoms with van der Waals surface area (Å²) in [5.41, 5.74) is 1.32. The molecule has 1 heterocycles. The first-order valence-corrected chi connectivity index (χ1v) is 8.62. The number of nitrogens with zero attached hydrogens (tertiary/aromatic N) is 1. The minimum Gasteiger partial charge on any atom is -0.323 e. The number of carbonyl (C=O) groups excluding carboxylic acids is 1. The molecule has 6 heteroatoms. The lowest BCUT2D eigenvalue weighted by Crippen LogP contribution is -2.41. The van der Waals surface area contributed by atoms with Crippen LogP contribution in [-0.4, -0.2) is 11.0 Å². The van der Waals surface area contributed by atoms with E-state index in [1.807, 2.05) is 20.8 Å². The Kier molecular flexibility index (Phi) is 4.88. The van der Waals surface area contributed by atoms with E-state index in [4.69, 9.17) is 12.2 Å². The zero-order chi connectivity index (χ0) is 16.5. The van der Waals surface area contributed by atoms with Crippen LogP contribution in [0, 0.1) is 22.7 Å². The molecule has 2 rings (SSSR count). The zero-order valence-electron chi connectivity index (χ0n) is 13.4. The molecule has 1 aromatic rings. The number of fused-ring (bicyclic) bond motifs is 1. The second kappa shape index (κ2) is 6.35. The molecule has 0 aliphatic heterocycles. The van der Waals surface area contributed by atoms with E-state index in [1.165, 1.54) is 4.88 Å². The number of anilines is 1. The molecule has 0 unspecified atom stereocenters. The van der Waals surface area contributed by atoms with Gasteiger partial charge in [0.1, 0.15) is 11.1 Å². The molecule has 2 N–H and O–H groups in total. The first-order chi connectivity index (χ1) is 10.2. The molecular weight excluding hydrogens is 314 g/mol. The molecular formula is C16H21N3OS2. The van der Waals surface area contributed by atoms with Crippen molar-refractivity contribution in [2.45, 2.75) is 47.0 Å². The number of hydrogen-bond acceptors (Lipinski definition) is 4. The van der Waals surface area contributed by atoms with Gasteiger partial charge < -0.3 is 10.6 Å². The van der Waals surface area contributed by atoms with Gasteiger partial charge >= 0.3 is 0 Å². The van der Waals surface area contributed by atoms with Crippen LogP contribution in [0.4, 0.5) is 5.00 Å². The van der Waals surface area contributed by atoms with E-state index in [0.29, 0.717) is 11.5 Å². The fraction of sp³-hybridized carbons (Fsp3) is 0.562. The normalized spacial score (nSPS) is 17.3. The van der Waals surface area contributed by atoms with Crippen molar-refractivity contribution in [3.8, 4) is 6.07 Å². The van der Waals surface area contributed by atoms with Gasteiger partial charge in [0.15, 0.2) is 5.11 Å². The van der Waals surface area contributed by atoms with Crippen LogP contribution in [0.3, 0.4) is 0 Å². The van der Waals surface area contributed by atoms with Crippen molar-refractivity contribution in [3.05, 3.63) is 16.0 Å². The highest BCUT2D eigenvalue weighted by molar-refractivity contribution is 7.80. The monoisotopic (exact) mass is 335 g/mol. The van der Waals surface area contributed by atoms with E-state index in [1.54, 1.807) is 11.3 Å². The molecule has 0 radical (unpaired) electrons. The maximum Gasteiger partial charge on any atom is 0.231 e. The highest BCUT2D eigenvalue weighted by Crippen LogP contribution is 2.39. The van der Waals surface area contributed by atoms with Gasteiger partial charge in [-0.3, -0.25) is 4.79 Å². The number of hydrogen-bond donors (Lipinski definition) is 2. The molecule has 0 fully saturated rings. The number of nitriles is 1. The predicted molar refractivity (Wildman–Crippen MR) is 94.0 cm³/mol. The summed E-state index contributed by atoms with van der Waals surface area (Å²) in [6.07, 6.45) is 3.07. The molecule has 1 amide bonds. The molecule has 0 saturated heterocycles. The molecule has 0 bridgehead atoms. The van der Waals surface area contributed by atoms with Crippen LogP contribution in [0.25, 0.3) is 0 Å². The van der Waals surface area contributed by atoms with Crippen molar-refractivity contribution in [2.24, 2.45) is 11.3 Å². The van der Waals surface area contributed by atoms with Crippen molar-refractivity contribution in [1.29, 1.82) is 5.26 Å². The molecule has 0 saturated carbocycles. The number of nitrogens with one attached hydrogen (secondary N) is 2. The first kappa shape index (κ1) is 16.9. The zero-order valence-corrected chi connectivity index (χ0v) is 15.0. The summed E-state index contributed by atoms with van der Waals surface area (Å²) in [5, 5.41) is 16.2. The molecule has 1 aromatic heterocycles. The van der Waals surface area contributed by atoms with Crippen LogP contribution in [0.15, 0.2) is 0 Å². The summed E-state index contributed by atoms with van der Waals surface area (Å²) >= 11 is 6.79. The molecule has 118 valence electrons. The van der Waals surface area contributed by atoms with E-state index < -0.39 is 5.41 Å². The summed E-state index contributed by atoms with van der Waals surface area (Å²) in [6.45, 7) is 7.72. The van der Waals surface area contributed by atoms with Crippen LogP contribution in [-0.2, 0) is 17.6 Å². The lowest BCUT2D eigenvalue weighted by molar-refractivity contribution is -0.126. The summed E-state index contributed by atoms with van der Waals surface area (Å²) in [6, 6.07) is 2.28. The number of carbonyl (C=O) groups is 1. The molecule has 1 aliphatic carbocycles. The van der Waals surface area contributed by atoms with Crippen LogP contribution in [0.2, 0.25) is 0 Å². The number of amides is 1. The smallest absolute Gasteiger partial charge is 0.231 e. The van der Waals surface area contributed by atoms with Crippen molar-refractivity contribution in [1.82, 2.24) is 5.32 Å². The van der Waals surface area contributed by atoms with Crippen LogP contribution in [0.5, 0.6) is 0 Å².